The molecule has 2 rings (SSSR count). The van der Waals surface area contributed by atoms with Gasteiger partial charge in [0.25, 0.3) is 0 Å². The van der Waals surface area contributed by atoms with Crippen molar-refractivity contribution in [2.24, 2.45) is 0 Å². The van der Waals surface area contributed by atoms with Crippen LogP contribution in [0.2, 0.25) is 0 Å². The third-order valence-corrected chi connectivity index (χ3v) is 4.62. The number of halogens is 3. The lowest BCUT2D eigenvalue weighted by Gasteiger charge is -2.14. The lowest BCUT2D eigenvalue weighted by molar-refractivity contribution is -0.138. The molecule has 0 aliphatic heterocycles. The van der Waals surface area contributed by atoms with E-state index in [9.17, 15) is 13.2 Å². The normalized spacial score (nSPS) is 11.8. The summed E-state index contributed by atoms with van der Waals surface area (Å²) in [6, 6.07) is 4.46. The zero-order valence-electron chi connectivity index (χ0n) is 11.4. The first-order chi connectivity index (χ1) is 10.0. The molecule has 2 aromatic rings. The number of hydrogen-bond acceptors (Lipinski definition) is 4. The Kier molecular flexibility index (Phi) is 5.66. The van der Waals surface area contributed by atoms with Gasteiger partial charge in [-0.05, 0) is 30.7 Å². The molecule has 1 aromatic carbocycles. The standard InChI is InChI=1S/C14H15F3N2S2/c1-2-5-18-9-10-3-4-11(8-12(10)14(15,16)17)21-13-19-6-7-20-13/h3-4,6-8,18H,2,5,9H2,1H3. The molecule has 1 aromatic heterocycles. The molecule has 21 heavy (non-hydrogen) atoms. The van der Waals surface area contributed by atoms with Gasteiger partial charge >= 0.3 is 6.18 Å². The number of thiazole rings is 1. The summed E-state index contributed by atoms with van der Waals surface area (Å²) in [5.41, 5.74) is -0.299. The third kappa shape index (κ3) is 4.72. The number of alkyl halides is 3. The van der Waals surface area contributed by atoms with Crippen LogP contribution >= 0.6 is 23.1 Å². The van der Waals surface area contributed by atoms with E-state index in [1.54, 1.807) is 23.7 Å². The number of benzene rings is 1. The molecule has 0 fully saturated rings. The van der Waals surface area contributed by atoms with Crippen LogP contribution < -0.4 is 5.32 Å². The summed E-state index contributed by atoms with van der Waals surface area (Å²) in [4.78, 5) is 4.63. The van der Waals surface area contributed by atoms with Crippen LogP contribution in [-0.2, 0) is 12.7 Å². The Morgan fingerprint density at radius 1 is 1.33 bits per heavy atom. The highest BCUT2D eigenvalue weighted by Gasteiger charge is 2.33. The molecule has 0 radical (unpaired) electrons. The Morgan fingerprint density at radius 2 is 2.14 bits per heavy atom. The van der Waals surface area contributed by atoms with Gasteiger partial charge in [-0.3, -0.25) is 0 Å². The lowest BCUT2D eigenvalue weighted by atomic mass is 10.1. The molecule has 0 spiro atoms. The average molecular weight is 332 g/mol. The number of aromatic nitrogens is 1. The van der Waals surface area contributed by atoms with Gasteiger partial charge in [0.2, 0.25) is 0 Å². The highest BCUT2D eigenvalue weighted by atomic mass is 32.2. The fraction of sp³-hybridized carbons (Fsp3) is 0.357. The second-order valence-corrected chi connectivity index (χ2v) is 6.61. The van der Waals surface area contributed by atoms with Crippen molar-refractivity contribution >= 4 is 23.1 Å². The van der Waals surface area contributed by atoms with E-state index in [0.29, 0.717) is 11.4 Å². The van der Waals surface area contributed by atoms with Crippen LogP contribution in [0.4, 0.5) is 13.2 Å². The van der Waals surface area contributed by atoms with Crippen molar-refractivity contribution in [2.75, 3.05) is 6.54 Å². The second-order valence-electron chi connectivity index (χ2n) is 4.39. The molecule has 2 nitrogen and oxygen atoms in total. The molecule has 1 N–H and O–H groups in total. The fourth-order valence-corrected chi connectivity index (χ4v) is 3.43. The van der Waals surface area contributed by atoms with Gasteiger partial charge in [0.1, 0.15) is 0 Å². The van der Waals surface area contributed by atoms with Crippen molar-refractivity contribution < 1.29 is 13.2 Å². The van der Waals surface area contributed by atoms with E-state index in [2.05, 4.69) is 10.3 Å². The second kappa shape index (κ2) is 7.29. The van der Waals surface area contributed by atoms with Crippen molar-refractivity contribution in [2.45, 2.75) is 35.3 Å². The van der Waals surface area contributed by atoms with Gasteiger partial charge in [0, 0.05) is 23.0 Å². The largest absolute Gasteiger partial charge is 0.416 e. The summed E-state index contributed by atoms with van der Waals surface area (Å²) in [6.07, 6.45) is -1.82. The van der Waals surface area contributed by atoms with Crippen LogP contribution in [0.1, 0.15) is 24.5 Å². The van der Waals surface area contributed by atoms with Crippen LogP contribution in [0, 0.1) is 0 Å². The van der Waals surface area contributed by atoms with Crippen molar-refractivity contribution in [3.8, 4) is 0 Å². The zero-order valence-corrected chi connectivity index (χ0v) is 13.0. The molecule has 114 valence electrons. The SMILES string of the molecule is CCCNCc1ccc(Sc2nccs2)cc1C(F)(F)F. The Balaban J connectivity index is 2.22. The van der Waals surface area contributed by atoms with Crippen LogP contribution in [0.5, 0.6) is 0 Å². The highest BCUT2D eigenvalue weighted by molar-refractivity contribution is 8.01. The number of rotatable bonds is 6. The van der Waals surface area contributed by atoms with Crippen LogP contribution in [0.15, 0.2) is 39.0 Å². The van der Waals surface area contributed by atoms with Crippen molar-refractivity contribution in [3.05, 3.63) is 40.9 Å². The number of nitrogens with zero attached hydrogens (tertiary/aromatic N) is 1. The predicted molar refractivity (Wildman–Crippen MR) is 79.7 cm³/mol. The Hall–Kier alpha value is -1.05. The molecule has 0 atom stereocenters. The molecule has 0 aliphatic carbocycles. The average Bonchev–Trinajstić information content (AvgIpc) is 2.92. The first-order valence-electron chi connectivity index (χ1n) is 6.49. The van der Waals surface area contributed by atoms with Crippen LogP contribution in [0.3, 0.4) is 0 Å². The van der Waals surface area contributed by atoms with Crippen molar-refractivity contribution in [3.63, 3.8) is 0 Å². The molecular formula is C14H15F3N2S2. The van der Waals surface area contributed by atoms with Gasteiger partial charge in [0.15, 0.2) is 4.34 Å². The summed E-state index contributed by atoms with van der Waals surface area (Å²) >= 11 is 2.66. The molecule has 1 heterocycles. The topological polar surface area (TPSA) is 24.9 Å². The van der Waals surface area contributed by atoms with E-state index >= 15 is 0 Å². The van der Waals surface area contributed by atoms with Gasteiger partial charge in [-0.25, -0.2) is 4.98 Å². The Labute approximate surface area is 129 Å². The summed E-state index contributed by atoms with van der Waals surface area (Å²) < 4.78 is 40.2. The van der Waals surface area contributed by atoms with Crippen molar-refractivity contribution in [1.29, 1.82) is 0 Å². The molecule has 0 amide bonds. The quantitative estimate of drug-likeness (QED) is 0.768. The van der Waals surface area contributed by atoms with Crippen LogP contribution in [-0.4, -0.2) is 11.5 Å². The molecule has 7 heteroatoms. The summed E-state index contributed by atoms with van der Waals surface area (Å²) in [5, 5.41) is 4.81. The minimum atomic E-state index is -4.34. The molecular weight excluding hydrogens is 317 g/mol. The maximum absolute atomic E-state index is 13.2. The van der Waals surface area contributed by atoms with Gasteiger partial charge in [-0.2, -0.15) is 13.2 Å². The van der Waals surface area contributed by atoms with Gasteiger partial charge < -0.3 is 5.32 Å². The summed E-state index contributed by atoms with van der Waals surface area (Å²) in [5.74, 6) is 0. The third-order valence-electron chi connectivity index (χ3n) is 2.74. The molecule has 0 saturated carbocycles. The van der Waals surface area contributed by atoms with E-state index in [0.717, 1.165) is 10.8 Å². The maximum atomic E-state index is 13.2. The minimum Gasteiger partial charge on any atom is -0.313 e. The first-order valence-corrected chi connectivity index (χ1v) is 8.18. The monoisotopic (exact) mass is 332 g/mol. The molecule has 0 aliphatic rings. The minimum absolute atomic E-state index is 0.227. The maximum Gasteiger partial charge on any atom is 0.416 e. The van der Waals surface area contributed by atoms with Gasteiger partial charge in [-0.1, -0.05) is 24.8 Å². The molecule has 0 unspecified atom stereocenters. The number of nitrogens with one attached hydrogen (secondary N) is 1. The van der Waals surface area contributed by atoms with E-state index in [4.69, 9.17) is 0 Å². The van der Waals surface area contributed by atoms with E-state index in [1.165, 1.54) is 29.2 Å². The highest BCUT2D eigenvalue weighted by Crippen LogP contribution is 2.37. The summed E-state index contributed by atoms with van der Waals surface area (Å²) in [6.45, 7) is 2.91. The van der Waals surface area contributed by atoms with E-state index in [1.807, 2.05) is 6.92 Å². The fourth-order valence-electron chi connectivity index (χ4n) is 1.80. The van der Waals surface area contributed by atoms with E-state index < -0.39 is 11.7 Å². The van der Waals surface area contributed by atoms with Crippen molar-refractivity contribution in [1.82, 2.24) is 10.3 Å². The first kappa shape index (κ1) is 16.3. The summed E-state index contributed by atoms with van der Waals surface area (Å²) in [7, 11) is 0. The zero-order chi connectivity index (χ0) is 15.3. The number of hydrogen-bond donors (Lipinski definition) is 1. The van der Waals surface area contributed by atoms with Gasteiger partial charge in [-0.15, -0.1) is 11.3 Å². The van der Waals surface area contributed by atoms with Crippen LogP contribution in [0.25, 0.3) is 0 Å². The Morgan fingerprint density at radius 3 is 2.76 bits per heavy atom. The predicted octanol–water partition coefficient (Wildman–Crippen LogP) is 4.81. The Bertz CT molecular complexity index is 568. The molecule has 0 bridgehead atoms. The lowest BCUT2D eigenvalue weighted by Crippen LogP contribution is -2.18. The molecule has 0 saturated heterocycles. The van der Waals surface area contributed by atoms with E-state index in [-0.39, 0.29) is 12.1 Å². The smallest absolute Gasteiger partial charge is 0.313 e. The van der Waals surface area contributed by atoms with Gasteiger partial charge in [0.05, 0.1) is 5.56 Å².